The van der Waals surface area contributed by atoms with Gasteiger partial charge in [-0.1, -0.05) is 5.16 Å². The van der Waals surface area contributed by atoms with Crippen molar-refractivity contribution in [2.45, 2.75) is 82.8 Å². The molecule has 1 aromatic rings. The lowest BCUT2D eigenvalue weighted by Gasteiger charge is -2.42. The van der Waals surface area contributed by atoms with Crippen LogP contribution in [0.15, 0.2) is 4.52 Å². The number of amides is 1. The van der Waals surface area contributed by atoms with E-state index in [-0.39, 0.29) is 5.91 Å². The Labute approximate surface area is 143 Å². The molecule has 0 spiro atoms. The van der Waals surface area contributed by atoms with E-state index in [9.17, 15) is 4.79 Å². The zero-order chi connectivity index (χ0) is 16.5. The summed E-state index contributed by atoms with van der Waals surface area (Å²) in [5.74, 6) is 2.44. The van der Waals surface area contributed by atoms with E-state index in [1.807, 2.05) is 0 Å². The Morgan fingerprint density at radius 1 is 1.12 bits per heavy atom. The van der Waals surface area contributed by atoms with Crippen molar-refractivity contribution in [1.29, 1.82) is 0 Å². The number of aromatic nitrogens is 2. The molecule has 1 aliphatic heterocycles. The minimum atomic E-state index is 0.254. The zero-order valence-corrected chi connectivity index (χ0v) is 14.6. The third kappa shape index (κ3) is 3.48. The van der Waals surface area contributed by atoms with Gasteiger partial charge in [-0.05, 0) is 57.9 Å². The van der Waals surface area contributed by atoms with E-state index in [4.69, 9.17) is 4.52 Å². The van der Waals surface area contributed by atoms with Crippen LogP contribution in [0.3, 0.4) is 0 Å². The van der Waals surface area contributed by atoms with Crippen molar-refractivity contribution in [3.8, 4) is 0 Å². The van der Waals surface area contributed by atoms with Crippen LogP contribution < -0.4 is 0 Å². The van der Waals surface area contributed by atoms with Crippen molar-refractivity contribution in [3.63, 3.8) is 0 Å². The van der Waals surface area contributed by atoms with Crippen molar-refractivity contribution < 1.29 is 9.32 Å². The lowest BCUT2D eigenvalue weighted by Crippen LogP contribution is -2.49. The predicted molar refractivity (Wildman–Crippen MR) is 89.3 cm³/mol. The summed E-state index contributed by atoms with van der Waals surface area (Å²) >= 11 is 0. The highest BCUT2D eigenvalue weighted by atomic mass is 16.5. The van der Waals surface area contributed by atoms with Crippen LogP contribution in [-0.2, 0) is 11.3 Å². The van der Waals surface area contributed by atoms with Crippen LogP contribution in [0.2, 0.25) is 0 Å². The van der Waals surface area contributed by atoms with E-state index in [2.05, 4.69) is 19.9 Å². The van der Waals surface area contributed by atoms with Gasteiger partial charge >= 0.3 is 0 Å². The molecule has 0 N–H and O–H groups in total. The van der Waals surface area contributed by atoms with Crippen LogP contribution in [0.25, 0.3) is 0 Å². The Kier molecular flexibility index (Phi) is 4.57. The van der Waals surface area contributed by atoms with Gasteiger partial charge < -0.3 is 9.42 Å². The molecule has 2 saturated carbocycles. The molecule has 2 heterocycles. The highest BCUT2D eigenvalue weighted by molar-refractivity contribution is 5.74. The fraction of sp³-hybridized carbons (Fsp3) is 0.833. The number of hydrogen-bond donors (Lipinski definition) is 0. The first kappa shape index (κ1) is 16.1. The zero-order valence-electron chi connectivity index (χ0n) is 14.6. The number of rotatable bonds is 5. The topological polar surface area (TPSA) is 62.5 Å². The van der Waals surface area contributed by atoms with E-state index < -0.39 is 0 Å². The number of likely N-dealkylation sites (tertiary alicyclic amines) is 1. The van der Waals surface area contributed by atoms with E-state index in [1.165, 1.54) is 32.1 Å². The molecular formula is C18H28N4O2. The van der Waals surface area contributed by atoms with Crippen molar-refractivity contribution in [3.05, 3.63) is 11.7 Å². The normalized spacial score (nSPS) is 26.0. The van der Waals surface area contributed by atoms with E-state index in [0.29, 0.717) is 18.0 Å². The molecule has 24 heavy (non-hydrogen) atoms. The van der Waals surface area contributed by atoms with Gasteiger partial charge in [-0.2, -0.15) is 4.98 Å². The molecule has 0 aromatic carbocycles. The van der Waals surface area contributed by atoms with Gasteiger partial charge in [-0.3, -0.25) is 9.69 Å². The summed E-state index contributed by atoms with van der Waals surface area (Å²) in [4.78, 5) is 21.3. The van der Waals surface area contributed by atoms with Gasteiger partial charge in [0.05, 0.1) is 6.54 Å². The van der Waals surface area contributed by atoms with Gasteiger partial charge in [0.2, 0.25) is 11.8 Å². The standard InChI is InChI=1S/C18H28N4O2/c1-13(23)22(15-4-2-5-15)16-6-3-10-21(11-9-16)12-17-19-18(20-24-17)14-7-8-14/h14-16H,2-12H2,1H3/t16-/m1/s1. The molecule has 1 amide bonds. The third-order valence-corrected chi connectivity index (χ3v) is 5.80. The fourth-order valence-electron chi connectivity index (χ4n) is 4.08. The second-order valence-corrected chi connectivity index (χ2v) is 7.69. The van der Waals surface area contributed by atoms with Gasteiger partial charge in [0.25, 0.3) is 0 Å². The summed E-state index contributed by atoms with van der Waals surface area (Å²) in [6.07, 6.45) is 9.35. The van der Waals surface area contributed by atoms with Crippen LogP contribution in [0, 0.1) is 0 Å². The maximum atomic E-state index is 12.1. The summed E-state index contributed by atoms with van der Waals surface area (Å²) in [5.41, 5.74) is 0. The van der Waals surface area contributed by atoms with E-state index in [1.54, 1.807) is 6.92 Å². The summed E-state index contributed by atoms with van der Waals surface area (Å²) in [6.45, 7) is 4.53. The summed E-state index contributed by atoms with van der Waals surface area (Å²) in [6, 6.07) is 0.901. The molecule has 1 atom stereocenters. The largest absolute Gasteiger partial charge is 0.338 e. The highest BCUT2D eigenvalue weighted by Crippen LogP contribution is 2.38. The van der Waals surface area contributed by atoms with Crippen LogP contribution in [0.1, 0.15) is 75.9 Å². The average molecular weight is 332 g/mol. The molecule has 6 heteroatoms. The Bertz CT molecular complexity index is 579. The van der Waals surface area contributed by atoms with Crippen LogP contribution in [0.4, 0.5) is 0 Å². The molecule has 0 unspecified atom stereocenters. The first-order chi connectivity index (χ1) is 11.7. The van der Waals surface area contributed by atoms with Crippen LogP contribution >= 0.6 is 0 Å². The maximum absolute atomic E-state index is 12.1. The number of hydrogen-bond acceptors (Lipinski definition) is 5. The van der Waals surface area contributed by atoms with Crippen molar-refractivity contribution >= 4 is 5.91 Å². The lowest BCUT2D eigenvalue weighted by atomic mass is 9.89. The smallest absolute Gasteiger partial charge is 0.240 e. The molecule has 132 valence electrons. The molecule has 1 aromatic heterocycles. The lowest BCUT2D eigenvalue weighted by molar-refractivity contribution is -0.136. The van der Waals surface area contributed by atoms with Crippen molar-refractivity contribution in [2.24, 2.45) is 0 Å². The maximum Gasteiger partial charge on any atom is 0.240 e. The summed E-state index contributed by atoms with van der Waals surface area (Å²) in [5, 5.41) is 4.11. The number of nitrogens with zero attached hydrogens (tertiary/aromatic N) is 4. The molecule has 2 aliphatic carbocycles. The average Bonchev–Trinajstić information content (AvgIpc) is 3.29. The molecule has 3 aliphatic rings. The predicted octanol–water partition coefficient (Wildman–Crippen LogP) is 2.70. The number of carbonyl (C=O) groups is 1. The van der Waals surface area contributed by atoms with E-state index >= 15 is 0 Å². The second kappa shape index (κ2) is 6.82. The number of carbonyl (C=O) groups excluding carboxylic acids is 1. The van der Waals surface area contributed by atoms with Gasteiger partial charge in [0, 0.05) is 31.5 Å². The third-order valence-electron chi connectivity index (χ3n) is 5.80. The Morgan fingerprint density at radius 2 is 1.88 bits per heavy atom. The Hall–Kier alpha value is -1.43. The molecule has 6 nitrogen and oxygen atoms in total. The molecule has 1 saturated heterocycles. The first-order valence-corrected chi connectivity index (χ1v) is 9.54. The van der Waals surface area contributed by atoms with Gasteiger partial charge in [0.1, 0.15) is 0 Å². The van der Waals surface area contributed by atoms with Crippen LogP contribution in [0.5, 0.6) is 0 Å². The van der Waals surface area contributed by atoms with Gasteiger partial charge in [-0.25, -0.2) is 0 Å². The molecule has 0 radical (unpaired) electrons. The monoisotopic (exact) mass is 332 g/mol. The van der Waals surface area contributed by atoms with E-state index in [0.717, 1.165) is 50.6 Å². The molecule has 0 bridgehead atoms. The minimum absolute atomic E-state index is 0.254. The minimum Gasteiger partial charge on any atom is -0.338 e. The van der Waals surface area contributed by atoms with Crippen molar-refractivity contribution in [1.82, 2.24) is 19.9 Å². The Morgan fingerprint density at radius 3 is 2.54 bits per heavy atom. The quantitative estimate of drug-likeness (QED) is 0.829. The highest BCUT2D eigenvalue weighted by Gasteiger charge is 2.33. The van der Waals surface area contributed by atoms with Gasteiger partial charge in [-0.15, -0.1) is 0 Å². The molecule has 3 fully saturated rings. The van der Waals surface area contributed by atoms with Crippen molar-refractivity contribution in [2.75, 3.05) is 13.1 Å². The van der Waals surface area contributed by atoms with Gasteiger partial charge in [0.15, 0.2) is 5.82 Å². The second-order valence-electron chi connectivity index (χ2n) is 7.69. The summed E-state index contributed by atoms with van der Waals surface area (Å²) < 4.78 is 5.42. The molecular weight excluding hydrogens is 304 g/mol. The van der Waals surface area contributed by atoms with Crippen LogP contribution in [-0.4, -0.2) is 51.0 Å². The summed E-state index contributed by atoms with van der Waals surface area (Å²) in [7, 11) is 0. The fourth-order valence-corrected chi connectivity index (χ4v) is 4.08. The SMILES string of the molecule is CC(=O)N(C1CCC1)[C@@H]1CCCN(Cc2nc(C3CC3)no2)CC1. The first-order valence-electron chi connectivity index (χ1n) is 9.54. The molecule has 4 rings (SSSR count). The Balaban J connectivity index is 1.33.